The predicted molar refractivity (Wildman–Crippen MR) is 125 cm³/mol. The summed E-state index contributed by atoms with van der Waals surface area (Å²) in [5, 5.41) is 12.0. The highest BCUT2D eigenvalue weighted by atomic mass is 16.4. The van der Waals surface area contributed by atoms with E-state index in [0.29, 0.717) is 18.7 Å². The van der Waals surface area contributed by atoms with Crippen LogP contribution in [0.25, 0.3) is 0 Å². The second-order valence-corrected chi connectivity index (χ2v) is 8.68. The molecule has 1 saturated heterocycles. The van der Waals surface area contributed by atoms with E-state index in [1.807, 2.05) is 6.07 Å². The number of carboxylic acid groups (broad SMARTS) is 1. The topological polar surface area (TPSA) is 93.2 Å². The summed E-state index contributed by atoms with van der Waals surface area (Å²) in [6.07, 6.45) is 2.03. The molecule has 0 aromatic heterocycles. The molecule has 8 nitrogen and oxygen atoms in total. The Morgan fingerprint density at radius 3 is 2.45 bits per heavy atom. The van der Waals surface area contributed by atoms with Crippen LogP contribution in [0.4, 0.5) is 10.5 Å². The number of nitrogens with zero attached hydrogens (tertiary/aromatic N) is 3. The van der Waals surface area contributed by atoms with E-state index in [2.05, 4.69) is 29.4 Å². The Hall–Kier alpha value is -3.39. The molecule has 2 aliphatic rings. The number of aliphatic carboxylic acids is 1. The van der Waals surface area contributed by atoms with Crippen LogP contribution >= 0.6 is 0 Å². The minimum atomic E-state index is -1.12. The van der Waals surface area contributed by atoms with Crippen LogP contribution in [-0.2, 0) is 22.4 Å². The summed E-state index contributed by atoms with van der Waals surface area (Å²) < 4.78 is 0. The number of hydrogen-bond donors (Lipinski definition) is 2. The minimum absolute atomic E-state index is 0.0483. The fraction of sp³-hybridized carbons (Fsp3) is 0.400. The maximum absolute atomic E-state index is 13.0. The standard InChI is InChI=1S/C25H30N4O4/c1-27-12-9-18-7-8-21(17-20(18)10-13-27)29-16-15-28(25(29)33)14-11-22(30)26-23(24(31)32)19-5-3-2-4-6-19/h2-8,17,23H,9-16H2,1H3,(H,26,30)(H,31,32). The zero-order valence-corrected chi connectivity index (χ0v) is 18.9. The van der Waals surface area contributed by atoms with Gasteiger partial charge in [0, 0.05) is 44.8 Å². The number of fused-ring (bicyclic) bond motifs is 1. The molecular formula is C25H30N4O4. The first-order chi connectivity index (χ1) is 15.9. The molecule has 174 valence electrons. The fourth-order valence-corrected chi connectivity index (χ4v) is 4.42. The molecule has 0 bridgehead atoms. The largest absolute Gasteiger partial charge is 0.479 e. The van der Waals surface area contributed by atoms with Crippen LogP contribution in [-0.4, -0.2) is 72.6 Å². The molecule has 1 fully saturated rings. The third-order valence-corrected chi connectivity index (χ3v) is 6.42. The lowest BCUT2D eigenvalue weighted by Gasteiger charge is -2.20. The van der Waals surface area contributed by atoms with Crippen LogP contribution in [0, 0.1) is 0 Å². The van der Waals surface area contributed by atoms with Gasteiger partial charge in [0.15, 0.2) is 6.04 Å². The van der Waals surface area contributed by atoms with E-state index in [4.69, 9.17) is 0 Å². The highest BCUT2D eigenvalue weighted by molar-refractivity contribution is 5.94. The molecule has 2 heterocycles. The van der Waals surface area contributed by atoms with Gasteiger partial charge in [-0.1, -0.05) is 36.4 Å². The number of amides is 3. The molecular weight excluding hydrogens is 420 g/mol. The molecule has 0 radical (unpaired) electrons. The van der Waals surface area contributed by atoms with Crippen LogP contribution in [0.2, 0.25) is 0 Å². The van der Waals surface area contributed by atoms with Crippen molar-refractivity contribution in [3.05, 3.63) is 65.2 Å². The monoisotopic (exact) mass is 450 g/mol. The molecule has 1 atom stereocenters. The van der Waals surface area contributed by atoms with Gasteiger partial charge in [-0.05, 0) is 48.7 Å². The molecule has 4 rings (SSSR count). The second kappa shape index (κ2) is 10.0. The van der Waals surface area contributed by atoms with Crippen molar-refractivity contribution < 1.29 is 19.5 Å². The number of urea groups is 1. The zero-order chi connectivity index (χ0) is 23.4. The Kier molecular flexibility index (Phi) is 6.93. The third-order valence-electron chi connectivity index (χ3n) is 6.42. The van der Waals surface area contributed by atoms with Crippen LogP contribution in [0.5, 0.6) is 0 Å². The first-order valence-electron chi connectivity index (χ1n) is 11.4. The first kappa shape index (κ1) is 22.8. The van der Waals surface area contributed by atoms with Crippen molar-refractivity contribution in [2.24, 2.45) is 0 Å². The summed E-state index contributed by atoms with van der Waals surface area (Å²) in [6, 6.07) is 13.6. The number of carboxylic acids is 1. The van der Waals surface area contributed by atoms with Crippen LogP contribution < -0.4 is 10.2 Å². The molecule has 1 unspecified atom stereocenters. The number of likely N-dealkylation sites (N-methyl/N-ethyl adjacent to an activating group) is 1. The molecule has 0 aliphatic carbocycles. The summed E-state index contributed by atoms with van der Waals surface area (Å²) >= 11 is 0. The molecule has 0 saturated carbocycles. The molecule has 0 spiro atoms. The average molecular weight is 451 g/mol. The van der Waals surface area contributed by atoms with E-state index in [9.17, 15) is 19.5 Å². The number of carbonyl (C=O) groups excluding carboxylic acids is 2. The molecule has 2 N–H and O–H groups in total. The van der Waals surface area contributed by atoms with Gasteiger partial charge in [0.25, 0.3) is 0 Å². The average Bonchev–Trinajstić information content (AvgIpc) is 3.08. The van der Waals surface area contributed by atoms with E-state index in [1.165, 1.54) is 11.1 Å². The minimum Gasteiger partial charge on any atom is -0.479 e. The highest BCUT2D eigenvalue weighted by Gasteiger charge is 2.30. The zero-order valence-electron chi connectivity index (χ0n) is 18.9. The van der Waals surface area contributed by atoms with Gasteiger partial charge in [-0.3, -0.25) is 9.69 Å². The number of nitrogens with one attached hydrogen (secondary N) is 1. The van der Waals surface area contributed by atoms with E-state index < -0.39 is 17.9 Å². The number of rotatable bonds is 7. The van der Waals surface area contributed by atoms with Gasteiger partial charge in [-0.25, -0.2) is 9.59 Å². The Labute approximate surface area is 193 Å². The fourth-order valence-electron chi connectivity index (χ4n) is 4.42. The summed E-state index contributed by atoms with van der Waals surface area (Å²) in [7, 11) is 2.13. The molecule has 2 aromatic carbocycles. The molecule has 3 amide bonds. The Morgan fingerprint density at radius 1 is 1.00 bits per heavy atom. The van der Waals surface area contributed by atoms with Crippen LogP contribution in [0.1, 0.15) is 29.2 Å². The Bertz CT molecular complexity index is 1030. The molecule has 33 heavy (non-hydrogen) atoms. The normalized spacial score (nSPS) is 17.4. The Balaban J connectivity index is 1.34. The van der Waals surface area contributed by atoms with Gasteiger partial charge >= 0.3 is 12.0 Å². The lowest BCUT2D eigenvalue weighted by Crippen LogP contribution is -2.37. The quantitative estimate of drug-likeness (QED) is 0.675. The van der Waals surface area contributed by atoms with E-state index >= 15 is 0 Å². The lowest BCUT2D eigenvalue weighted by molar-refractivity contribution is -0.142. The lowest BCUT2D eigenvalue weighted by atomic mass is 10.0. The van der Waals surface area contributed by atoms with Gasteiger partial charge < -0.3 is 20.2 Å². The number of benzene rings is 2. The van der Waals surface area contributed by atoms with E-state index in [0.717, 1.165) is 31.6 Å². The third kappa shape index (κ3) is 5.34. The van der Waals surface area contributed by atoms with Crippen molar-refractivity contribution in [1.82, 2.24) is 15.1 Å². The molecule has 2 aliphatic heterocycles. The number of hydrogen-bond acceptors (Lipinski definition) is 4. The predicted octanol–water partition coefficient (Wildman–Crippen LogP) is 2.29. The van der Waals surface area contributed by atoms with Crippen molar-refractivity contribution in [3.8, 4) is 0 Å². The maximum atomic E-state index is 13.0. The van der Waals surface area contributed by atoms with Crippen molar-refractivity contribution in [1.29, 1.82) is 0 Å². The van der Waals surface area contributed by atoms with Crippen molar-refractivity contribution in [2.75, 3.05) is 44.7 Å². The number of anilines is 1. The summed E-state index contributed by atoms with van der Waals surface area (Å²) in [5.74, 6) is -1.51. The van der Waals surface area contributed by atoms with Crippen LogP contribution in [0.15, 0.2) is 48.5 Å². The molecule has 2 aromatic rings. The van der Waals surface area contributed by atoms with Gasteiger partial charge in [0.1, 0.15) is 0 Å². The second-order valence-electron chi connectivity index (χ2n) is 8.68. The Morgan fingerprint density at radius 2 is 1.73 bits per heavy atom. The molecule has 8 heteroatoms. The van der Waals surface area contributed by atoms with Crippen molar-refractivity contribution in [3.63, 3.8) is 0 Å². The van der Waals surface area contributed by atoms with Gasteiger partial charge in [0.05, 0.1) is 0 Å². The summed E-state index contributed by atoms with van der Waals surface area (Å²) in [4.78, 5) is 42.7. The smallest absolute Gasteiger partial charge is 0.330 e. The summed E-state index contributed by atoms with van der Waals surface area (Å²) in [5.41, 5.74) is 4.04. The van der Waals surface area contributed by atoms with Gasteiger partial charge in [-0.15, -0.1) is 0 Å². The van der Waals surface area contributed by atoms with Gasteiger partial charge in [0.2, 0.25) is 5.91 Å². The highest BCUT2D eigenvalue weighted by Crippen LogP contribution is 2.26. The van der Waals surface area contributed by atoms with Crippen molar-refractivity contribution >= 4 is 23.6 Å². The van der Waals surface area contributed by atoms with E-state index in [1.54, 1.807) is 40.1 Å². The SMILES string of the molecule is CN1CCc2ccc(N3CCN(CCC(=O)NC(C(=O)O)c4ccccc4)C3=O)cc2CC1. The van der Waals surface area contributed by atoms with Gasteiger partial charge in [-0.2, -0.15) is 0 Å². The summed E-state index contributed by atoms with van der Waals surface area (Å²) in [6.45, 7) is 3.40. The van der Waals surface area contributed by atoms with Crippen LogP contribution in [0.3, 0.4) is 0 Å². The van der Waals surface area contributed by atoms with Crippen molar-refractivity contribution in [2.45, 2.75) is 25.3 Å². The van der Waals surface area contributed by atoms with E-state index in [-0.39, 0.29) is 19.0 Å². The first-order valence-corrected chi connectivity index (χ1v) is 11.4. The maximum Gasteiger partial charge on any atom is 0.330 e. The number of carbonyl (C=O) groups is 3.